The van der Waals surface area contributed by atoms with Gasteiger partial charge in [-0.2, -0.15) is 11.3 Å². The summed E-state index contributed by atoms with van der Waals surface area (Å²) >= 11 is 1.88. The molecule has 0 aliphatic heterocycles. The van der Waals surface area contributed by atoms with Crippen LogP contribution < -0.4 is 9.69 Å². The zero-order chi connectivity index (χ0) is 10.7. The highest BCUT2D eigenvalue weighted by Gasteiger charge is 2.04. The van der Waals surface area contributed by atoms with Gasteiger partial charge in [0.2, 0.25) is 0 Å². The second kappa shape index (κ2) is 4.77. The predicted molar refractivity (Wildman–Crippen MR) is 69.9 cm³/mol. The molecule has 76 valence electrons. The SMILES string of the molecule is CCc1ccccc1[Si]c1cc(C)cs1. The Morgan fingerprint density at radius 2 is 2.07 bits per heavy atom. The van der Waals surface area contributed by atoms with E-state index in [-0.39, 0.29) is 0 Å². The van der Waals surface area contributed by atoms with E-state index >= 15 is 0 Å². The second-order valence-electron chi connectivity index (χ2n) is 3.62. The summed E-state index contributed by atoms with van der Waals surface area (Å²) in [5.41, 5.74) is 2.87. The van der Waals surface area contributed by atoms with E-state index in [4.69, 9.17) is 0 Å². The van der Waals surface area contributed by atoms with Crippen molar-refractivity contribution in [2.75, 3.05) is 0 Å². The molecule has 2 radical (unpaired) electrons. The van der Waals surface area contributed by atoms with Crippen LogP contribution in [-0.4, -0.2) is 9.52 Å². The first-order valence-corrected chi connectivity index (χ1v) is 7.07. The second-order valence-corrected chi connectivity index (χ2v) is 6.22. The molecule has 1 aromatic heterocycles. The molecule has 0 fully saturated rings. The molecule has 0 saturated heterocycles. The zero-order valence-electron chi connectivity index (χ0n) is 9.08. The van der Waals surface area contributed by atoms with Gasteiger partial charge in [0.15, 0.2) is 0 Å². The van der Waals surface area contributed by atoms with Crippen molar-refractivity contribution in [2.24, 2.45) is 0 Å². The smallest absolute Gasteiger partial charge is 0.136 e. The van der Waals surface area contributed by atoms with Gasteiger partial charge in [-0.15, -0.1) is 0 Å². The summed E-state index contributed by atoms with van der Waals surface area (Å²) < 4.78 is 1.49. The van der Waals surface area contributed by atoms with Crippen molar-refractivity contribution in [3.63, 3.8) is 0 Å². The van der Waals surface area contributed by atoms with Gasteiger partial charge in [-0.25, -0.2) is 0 Å². The molecule has 2 rings (SSSR count). The minimum absolute atomic E-state index is 0.822. The summed E-state index contributed by atoms with van der Waals surface area (Å²) in [6.45, 7) is 4.39. The number of hydrogen-bond donors (Lipinski definition) is 0. The van der Waals surface area contributed by atoms with Crippen LogP contribution in [0.4, 0.5) is 0 Å². The molecule has 0 atom stereocenters. The summed E-state index contributed by atoms with van der Waals surface area (Å²) in [4.78, 5) is 0. The van der Waals surface area contributed by atoms with Crippen molar-refractivity contribution in [1.82, 2.24) is 0 Å². The van der Waals surface area contributed by atoms with E-state index in [0.29, 0.717) is 0 Å². The molecule has 0 amide bonds. The van der Waals surface area contributed by atoms with E-state index in [1.807, 2.05) is 11.3 Å². The lowest BCUT2D eigenvalue weighted by Gasteiger charge is -2.04. The molecule has 0 unspecified atom stereocenters. The lowest BCUT2D eigenvalue weighted by molar-refractivity contribution is 1.15. The Morgan fingerprint density at radius 1 is 1.27 bits per heavy atom. The van der Waals surface area contributed by atoms with E-state index in [9.17, 15) is 0 Å². The number of aryl methyl sites for hydroxylation is 2. The van der Waals surface area contributed by atoms with Gasteiger partial charge in [0.05, 0.1) is 0 Å². The Morgan fingerprint density at radius 3 is 2.73 bits per heavy atom. The van der Waals surface area contributed by atoms with E-state index in [1.165, 1.54) is 20.8 Å². The van der Waals surface area contributed by atoms with Crippen LogP contribution in [0.5, 0.6) is 0 Å². The van der Waals surface area contributed by atoms with Gasteiger partial charge in [0.25, 0.3) is 0 Å². The molecule has 0 aliphatic rings. The van der Waals surface area contributed by atoms with Crippen LogP contribution in [0.1, 0.15) is 18.1 Å². The predicted octanol–water partition coefficient (Wildman–Crippen LogP) is 2.27. The molecule has 2 heteroatoms. The third-order valence-electron chi connectivity index (χ3n) is 2.39. The molecule has 1 heterocycles. The first-order chi connectivity index (χ1) is 7.29. The van der Waals surface area contributed by atoms with Crippen molar-refractivity contribution in [2.45, 2.75) is 20.3 Å². The lowest BCUT2D eigenvalue weighted by atomic mass is 10.2. The summed E-state index contributed by atoms with van der Waals surface area (Å²) in [7, 11) is 0.822. The minimum Gasteiger partial charge on any atom is -0.153 e. The summed E-state index contributed by atoms with van der Waals surface area (Å²) in [6, 6.07) is 11.1. The molecule has 0 spiro atoms. The molecule has 1 aromatic carbocycles. The number of benzene rings is 1. The Balaban J connectivity index is 2.23. The maximum Gasteiger partial charge on any atom is 0.136 e. The van der Waals surface area contributed by atoms with Crippen LogP contribution in [0, 0.1) is 6.92 Å². The Labute approximate surface area is 97.8 Å². The molecule has 0 N–H and O–H groups in total. The quantitative estimate of drug-likeness (QED) is 0.710. The molecule has 0 nitrogen and oxygen atoms in total. The normalized spacial score (nSPS) is 10.5. The molecular formula is C13H14SSi. The highest BCUT2D eigenvalue weighted by molar-refractivity contribution is 7.21. The zero-order valence-corrected chi connectivity index (χ0v) is 10.9. The number of rotatable bonds is 3. The highest BCUT2D eigenvalue weighted by atomic mass is 32.1. The number of hydrogen-bond acceptors (Lipinski definition) is 1. The number of thiophene rings is 1. The van der Waals surface area contributed by atoms with Crippen molar-refractivity contribution < 1.29 is 0 Å². The van der Waals surface area contributed by atoms with Crippen molar-refractivity contribution in [1.29, 1.82) is 0 Å². The maximum absolute atomic E-state index is 2.30. The van der Waals surface area contributed by atoms with Crippen LogP contribution >= 0.6 is 11.3 Å². The monoisotopic (exact) mass is 230 g/mol. The Kier molecular flexibility index (Phi) is 3.39. The van der Waals surface area contributed by atoms with Crippen LogP contribution in [0.15, 0.2) is 35.7 Å². The van der Waals surface area contributed by atoms with Gasteiger partial charge in [0, 0.05) is 0 Å². The largest absolute Gasteiger partial charge is 0.153 e. The van der Waals surface area contributed by atoms with Gasteiger partial charge in [-0.3, -0.25) is 0 Å². The lowest BCUT2D eigenvalue weighted by Crippen LogP contribution is -2.27. The van der Waals surface area contributed by atoms with Crippen LogP contribution in [-0.2, 0) is 6.42 Å². The van der Waals surface area contributed by atoms with Gasteiger partial charge in [-0.1, -0.05) is 36.4 Å². The summed E-state index contributed by atoms with van der Waals surface area (Å²) in [5, 5.41) is 3.73. The highest BCUT2D eigenvalue weighted by Crippen LogP contribution is 2.02. The van der Waals surface area contributed by atoms with E-state index < -0.39 is 0 Å². The van der Waals surface area contributed by atoms with Gasteiger partial charge >= 0.3 is 0 Å². The van der Waals surface area contributed by atoms with E-state index in [2.05, 4.69) is 49.6 Å². The third kappa shape index (κ3) is 2.58. The standard InChI is InChI=1S/C13H14SSi/c1-3-11-6-4-5-7-12(11)15-13-8-10(2)9-14-13/h4-9H,3H2,1-2H3. The van der Waals surface area contributed by atoms with Crippen molar-refractivity contribution in [3.05, 3.63) is 46.8 Å². The molecule has 0 saturated carbocycles. The molecule has 15 heavy (non-hydrogen) atoms. The fourth-order valence-corrected chi connectivity index (χ4v) is 4.12. The van der Waals surface area contributed by atoms with Crippen LogP contribution in [0.3, 0.4) is 0 Å². The Hall–Kier alpha value is -0.863. The minimum atomic E-state index is 0.822. The molecule has 2 aromatic rings. The fourth-order valence-electron chi connectivity index (χ4n) is 1.58. The van der Waals surface area contributed by atoms with E-state index in [0.717, 1.165) is 15.9 Å². The maximum atomic E-state index is 2.30. The molecule has 0 aliphatic carbocycles. The average Bonchev–Trinajstić information content (AvgIpc) is 2.65. The van der Waals surface area contributed by atoms with Gasteiger partial charge in [0.1, 0.15) is 9.52 Å². The van der Waals surface area contributed by atoms with Crippen LogP contribution in [0.25, 0.3) is 0 Å². The van der Waals surface area contributed by atoms with Crippen molar-refractivity contribution in [3.8, 4) is 0 Å². The molecular weight excluding hydrogens is 216 g/mol. The van der Waals surface area contributed by atoms with Gasteiger partial charge in [-0.05, 0) is 40.4 Å². The van der Waals surface area contributed by atoms with E-state index in [1.54, 1.807) is 0 Å². The summed E-state index contributed by atoms with van der Waals surface area (Å²) in [5.74, 6) is 0. The topological polar surface area (TPSA) is 0 Å². The van der Waals surface area contributed by atoms with Gasteiger partial charge < -0.3 is 0 Å². The first-order valence-electron chi connectivity index (χ1n) is 5.19. The first kappa shape index (κ1) is 10.6. The van der Waals surface area contributed by atoms with Crippen molar-refractivity contribution >= 4 is 30.5 Å². The molecule has 0 bridgehead atoms. The summed E-state index contributed by atoms with van der Waals surface area (Å²) in [6.07, 6.45) is 1.13. The van der Waals surface area contributed by atoms with Crippen LogP contribution in [0.2, 0.25) is 0 Å². The Bertz CT molecular complexity index is 445. The average molecular weight is 230 g/mol. The fraction of sp³-hybridized carbons (Fsp3) is 0.231. The third-order valence-corrected chi connectivity index (χ3v) is 5.06.